The number of hydrogen-bond acceptors (Lipinski definition) is 5. The van der Waals surface area contributed by atoms with E-state index in [0.717, 1.165) is 49.8 Å². The molecule has 1 aliphatic rings. The van der Waals surface area contributed by atoms with Crippen molar-refractivity contribution >= 4 is 23.2 Å². The summed E-state index contributed by atoms with van der Waals surface area (Å²) in [6.07, 6.45) is 4.15. The molecule has 0 saturated carbocycles. The first-order valence-corrected chi connectivity index (χ1v) is 7.97. The molecule has 2 N–H and O–H groups in total. The van der Waals surface area contributed by atoms with Crippen molar-refractivity contribution in [2.24, 2.45) is 0 Å². The quantitative estimate of drug-likeness (QED) is 0.769. The maximum absolute atomic E-state index is 11.5. The second-order valence-electron chi connectivity index (χ2n) is 5.54. The molecule has 1 aromatic heterocycles. The highest BCUT2D eigenvalue weighted by atomic mass is 16.2. The number of carbonyl (C=O) groups is 1. The van der Waals surface area contributed by atoms with E-state index < -0.39 is 0 Å². The van der Waals surface area contributed by atoms with Crippen LogP contribution in [0, 0.1) is 0 Å². The van der Waals surface area contributed by atoms with Crippen molar-refractivity contribution in [1.82, 2.24) is 14.9 Å². The summed E-state index contributed by atoms with van der Waals surface area (Å²) in [4.78, 5) is 21.9. The van der Waals surface area contributed by atoms with Gasteiger partial charge >= 0.3 is 0 Å². The Balaban J connectivity index is 1.47. The molecule has 1 fully saturated rings. The molecule has 0 bridgehead atoms. The SMILES string of the molecule is O=C1CCCN1CCCNc1cc(Nc2ccccc2)ncn1. The molecular weight excluding hydrogens is 290 g/mol. The van der Waals surface area contributed by atoms with Crippen molar-refractivity contribution in [3.8, 4) is 0 Å². The molecule has 1 aliphatic heterocycles. The molecule has 0 radical (unpaired) electrons. The van der Waals surface area contributed by atoms with Gasteiger partial charge < -0.3 is 15.5 Å². The van der Waals surface area contributed by atoms with Gasteiger partial charge in [-0.15, -0.1) is 0 Å². The lowest BCUT2D eigenvalue weighted by Gasteiger charge is -2.15. The molecule has 6 nitrogen and oxygen atoms in total. The van der Waals surface area contributed by atoms with Gasteiger partial charge in [0.2, 0.25) is 5.91 Å². The van der Waals surface area contributed by atoms with E-state index in [-0.39, 0.29) is 5.91 Å². The zero-order valence-corrected chi connectivity index (χ0v) is 13.0. The second kappa shape index (κ2) is 7.58. The summed E-state index contributed by atoms with van der Waals surface area (Å²) in [6, 6.07) is 11.8. The number of benzene rings is 1. The first kappa shape index (κ1) is 15.3. The molecule has 0 unspecified atom stereocenters. The topological polar surface area (TPSA) is 70.2 Å². The van der Waals surface area contributed by atoms with Crippen molar-refractivity contribution in [3.63, 3.8) is 0 Å². The molecule has 120 valence electrons. The van der Waals surface area contributed by atoms with Gasteiger partial charge in [0, 0.05) is 37.8 Å². The first-order valence-electron chi connectivity index (χ1n) is 7.97. The minimum Gasteiger partial charge on any atom is -0.370 e. The van der Waals surface area contributed by atoms with Crippen LogP contribution in [0.3, 0.4) is 0 Å². The zero-order valence-electron chi connectivity index (χ0n) is 13.0. The van der Waals surface area contributed by atoms with Gasteiger partial charge in [-0.25, -0.2) is 9.97 Å². The predicted molar refractivity (Wildman–Crippen MR) is 90.7 cm³/mol. The minimum atomic E-state index is 0.279. The summed E-state index contributed by atoms with van der Waals surface area (Å²) < 4.78 is 0. The van der Waals surface area contributed by atoms with Crippen molar-refractivity contribution in [1.29, 1.82) is 0 Å². The molecule has 0 atom stereocenters. The Bertz CT molecular complexity index is 646. The van der Waals surface area contributed by atoms with Crippen LogP contribution in [0.5, 0.6) is 0 Å². The van der Waals surface area contributed by atoms with E-state index in [2.05, 4.69) is 20.6 Å². The molecule has 1 saturated heterocycles. The third-order valence-electron chi connectivity index (χ3n) is 3.80. The highest BCUT2D eigenvalue weighted by molar-refractivity contribution is 5.78. The van der Waals surface area contributed by atoms with Gasteiger partial charge in [-0.1, -0.05) is 18.2 Å². The standard InChI is InChI=1S/C17H21N5O/c23-17-8-4-10-22(17)11-5-9-18-15-12-16(20-13-19-15)21-14-6-2-1-3-7-14/h1-3,6-7,12-13H,4-5,8-11H2,(H2,18,19,20,21). The fourth-order valence-electron chi connectivity index (χ4n) is 2.62. The lowest BCUT2D eigenvalue weighted by atomic mass is 10.3. The molecule has 3 rings (SSSR count). The number of rotatable bonds is 7. The largest absolute Gasteiger partial charge is 0.370 e. The van der Waals surface area contributed by atoms with Gasteiger partial charge in [0.25, 0.3) is 0 Å². The van der Waals surface area contributed by atoms with Crippen LogP contribution in [0.25, 0.3) is 0 Å². The van der Waals surface area contributed by atoms with Crippen LogP contribution in [0.15, 0.2) is 42.7 Å². The third-order valence-corrected chi connectivity index (χ3v) is 3.80. The average Bonchev–Trinajstić information content (AvgIpc) is 2.98. The number of amides is 1. The summed E-state index contributed by atoms with van der Waals surface area (Å²) >= 11 is 0. The number of likely N-dealkylation sites (tertiary alicyclic amines) is 1. The number of nitrogens with zero attached hydrogens (tertiary/aromatic N) is 3. The Hall–Kier alpha value is -2.63. The van der Waals surface area contributed by atoms with E-state index in [1.165, 1.54) is 6.33 Å². The molecule has 1 amide bonds. The van der Waals surface area contributed by atoms with Crippen molar-refractivity contribution in [2.45, 2.75) is 19.3 Å². The van der Waals surface area contributed by atoms with E-state index in [1.807, 2.05) is 41.3 Å². The van der Waals surface area contributed by atoms with Crippen LogP contribution in [0.4, 0.5) is 17.3 Å². The Morgan fingerprint density at radius 1 is 1.13 bits per heavy atom. The van der Waals surface area contributed by atoms with Crippen LogP contribution in [0.2, 0.25) is 0 Å². The fraction of sp³-hybridized carbons (Fsp3) is 0.353. The van der Waals surface area contributed by atoms with Crippen molar-refractivity contribution < 1.29 is 4.79 Å². The zero-order chi connectivity index (χ0) is 15.9. The van der Waals surface area contributed by atoms with Crippen molar-refractivity contribution in [3.05, 3.63) is 42.7 Å². The first-order chi connectivity index (χ1) is 11.3. The van der Waals surface area contributed by atoms with E-state index in [9.17, 15) is 4.79 Å². The van der Waals surface area contributed by atoms with Crippen LogP contribution < -0.4 is 10.6 Å². The number of carbonyl (C=O) groups excluding carboxylic acids is 1. The molecule has 23 heavy (non-hydrogen) atoms. The maximum Gasteiger partial charge on any atom is 0.222 e. The smallest absolute Gasteiger partial charge is 0.222 e. The van der Waals surface area contributed by atoms with Gasteiger partial charge in [-0.05, 0) is 25.0 Å². The molecule has 0 aliphatic carbocycles. The lowest BCUT2D eigenvalue weighted by Crippen LogP contribution is -2.27. The Kier molecular flexibility index (Phi) is 5.03. The fourth-order valence-corrected chi connectivity index (χ4v) is 2.62. The Morgan fingerprint density at radius 2 is 1.96 bits per heavy atom. The van der Waals surface area contributed by atoms with E-state index >= 15 is 0 Å². The number of anilines is 3. The van der Waals surface area contributed by atoms with E-state index in [1.54, 1.807) is 0 Å². The van der Waals surface area contributed by atoms with Crippen LogP contribution in [0.1, 0.15) is 19.3 Å². The number of aromatic nitrogens is 2. The van der Waals surface area contributed by atoms with Gasteiger partial charge in [0.15, 0.2) is 0 Å². The minimum absolute atomic E-state index is 0.279. The summed E-state index contributed by atoms with van der Waals surface area (Å²) in [5.41, 5.74) is 0.990. The van der Waals surface area contributed by atoms with Gasteiger partial charge in [-0.3, -0.25) is 4.79 Å². The van der Waals surface area contributed by atoms with Crippen LogP contribution in [-0.4, -0.2) is 40.4 Å². The molecule has 1 aromatic carbocycles. The average molecular weight is 311 g/mol. The normalized spacial score (nSPS) is 14.1. The second-order valence-corrected chi connectivity index (χ2v) is 5.54. The van der Waals surface area contributed by atoms with Gasteiger partial charge in [0.1, 0.15) is 18.0 Å². The summed E-state index contributed by atoms with van der Waals surface area (Å²) in [5, 5.41) is 6.52. The lowest BCUT2D eigenvalue weighted by molar-refractivity contribution is -0.127. The van der Waals surface area contributed by atoms with E-state index in [4.69, 9.17) is 0 Å². The molecule has 2 heterocycles. The monoisotopic (exact) mass is 311 g/mol. The highest BCUT2D eigenvalue weighted by Gasteiger charge is 2.18. The van der Waals surface area contributed by atoms with Crippen LogP contribution in [-0.2, 0) is 4.79 Å². The molecule has 6 heteroatoms. The number of hydrogen-bond donors (Lipinski definition) is 2. The Morgan fingerprint density at radius 3 is 2.74 bits per heavy atom. The molecule has 0 spiro atoms. The summed E-state index contributed by atoms with van der Waals surface area (Å²) in [6.45, 7) is 2.50. The maximum atomic E-state index is 11.5. The summed E-state index contributed by atoms with van der Waals surface area (Å²) in [7, 11) is 0. The Labute approximate surface area is 135 Å². The van der Waals surface area contributed by atoms with Crippen molar-refractivity contribution in [2.75, 3.05) is 30.3 Å². The molecule has 2 aromatic rings. The van der Waals surface area contributed by atoms with Gasteiger partial charge in [-0.2, -0.15) is 0 Å². The summed E-state index contributed by atoms with van der Waals surface area (Å²) in [5.74, 6) is 1.82. The number of nitrogens with one attached hydrogen (secondary N) is 2. The molecular formula is C17H21N5O. The van der Waals surface area contributed by atoms with Gasteiger partial charge in [0.05, 0.1) is 0 Å². The highest BCUT2D eigenvalue weighted by Crippen LogP contribution is 2.15. The van der Waals surface area contributed by atoms with Crippen LogP contribution >= 0.6 is 0 Å². The third kappa shape index (κ3) is 4.42. The number of para-hydroxylation sites is 1. The van der Waals surface area contributed by atoms with E-state index in [0.29, 0.717) is 6.42 Å². The predicted octanol–water partition coefficient (Wildman–Crippen LogP) is 2.64.